The Kier molecular flexibility index (Phi) is 2.68. The smallest absolute Gasteiger partial charge is 0.184 e. The molecule has 1 aromatic heterocycles. The molecule has 1 aliphatic carbocycles. The molecule has 1 saturated carbocycles. The van der Waals surface area contributed by atoms with Gasteiger partial charge >= 0.3 is 0 Å². The largest absolute Gasteiger partial charge is 0.389 e. The lowest BCUT2D eigenvalue weighted by atomic mass is 9.96. The third-order valence-electron chi connectivity index (χ3n) is 2.46. The van der Waals surface area contributed by atoms with E-state index in [0.29, 0.717) is 6.04 Å². The third-order valence-corrected chi connectivity index (χ3v) is 3.21. The Bertz CT molecular complexity index is 266. The lowest BCUT2D eigenvalue weighted by Crippen LogP contribution is -2.21. The highest BCUT2D eigenvalue weighted by molar-refractivity contribution is 7.19. The molecule has 2 rings (SSSR count). The van der Waals surface area contributed by atoms with E-state index >= 15 is 0 Å². The Labute approximate surface area is 82.4 Å². The maximum Gasteiger partial charge on any atom is 0.184 e. The van der Waals surface area contributed by atoms with E-state index in [4.69, 9.17) is 5.73 Å². The van der Waals surface area contributed by atoms with Crippen LogP contribution in [0.5, 0.6) is 0 Å². The zero-order valence-corrected chi connectivity index (χ0v) is 8.44. The van der Waals surface area contributed by atoms with Crippen molar-refractivity contribution in [2.75, 3.05) is 11.1 Å². The molecule has 1 heterocycles. The van der Waals surface area contributed by atoms with Gasteiger partial charge in [-0.25, -0.2) is 4.98 Å². The first kappa shape index (κ1) is 8.81. The molecule has 0 aliphatic heterocycles. The Morgan fingerprint density at radius 1 is 1.38 bits per heavy atom. The van der Waals surface area contributed by atoms with Gasteiger partial charge in [0.2, 0.25) is 0 Å². The Hall–Kier alpha value is -0.770. The van der Waals surface area contributed by atoms with Crippen LogP contribution in [0, 0.1) is 0 Å². The van der Waals surface area contributed by atoms with E-state index in [2.05, 4.69) is 10.3 Å². The van der Waals surface area contributed by atoms with Gasteiger partial charge in [-0.15, -0.1) is 0 Å². The number of nitrogen functional groups attached to an aromatic ring is 1. The molecular formula is C9H15N3S. The van der Waals surface area contributed by atoms with E-state index in [9.17, 15) is 0 Å². The van der Waals surface area contributed by atoms with Crippen LogP contribution >= 0.6 is 11.3 Å². The number of aromatic nitrogens is 1. The molecule has 0 amide bonds. The third kappa shape index (κ3) is 2.34. The number of nitrogens with two attached hydrogens (primary N) is 1. The van der Waals surface area contributed by atoms with Crippen molar-refractivity contribution in [3.63, 3.8) is 0 Å². The van der Waals surface area contributed by atoms with Gasteiger partial charge < -0.3 is 11.1 Å². The minimum absolute atomic E-state index is 0.624. The van der Waals surface area contributed by atoms with E-state index < -0.39 is 0 Å². The van der Waals surface area contributed by atoms with Crippen molar-refractivity contribution in [2.24, 2.45) is 0 Å². The Morgan fingerprint density at radius 3 is 2.77 bits per heavy atom. The molecule has 0 atom stereocenters. The Balaban J connectivity index is 1.89. The number of thiazole rings is 1. The molecule has 1 fully saturated rings. The van der Waals surface area contributed by atoms with Crippen LogP contribution in [0.1, 0.15) is 32.1 Å². The topological polar surface area (TPSA) is 50.9 Å². The Morgan fingerprint density at radius 2 is 2.15 bits per heavy atom. The number of anilines is 2. The van der Waals surface area contributed by atoms with Crippen LogP contribution in [0.15, 0.2) is 6.20 Å². The van der Waals surface area contributed by atoms with Crippen molar-refractivity contribution in [1.29, 1.82) is 0 Å². The number of nitrogens with zero attached hydrogens (tertiary/aromatic N) is 1. The molecule has 0 aromatic carbocycles. The second kappa shape index (κ2) is 3.96. The highest BCUT2D eigenvalue weighted by Crippen LogP contribution is 2.25. The minimum Gasteiger partial charge on any atom is -0.389 e. The molecule has 1 aromatic rings. The number of rotatable bonds is 2. The summed E-state index contributed by atoms with van der Waals surface area (Å²) in [5.41, 5.74) is 5.60. The summed E-state index contributed by atoms with van der Waals surface area (Å²) in [5.74, 6) is 0. The molecule has 0 bridgehead atoms. The normalized spacial score (nSPS) is 18.8. The van der Waals surface area contributed by atoms with Crippen molar-refractivity contribution in [3.8, 4) is 0 Å². The zero-order chi connectivity index (χ0) is 9.10. The van der Waals surface area contributed by atoms with Crippen molar-refractivity contribution < 1.29 is 0 Å². The highest BCUT2D eigenvalue weighted by Gasteiger charge is 2.13. The second-order valence-electron chi connectivity index (χ2n) is 3.55. The number of nitrogens with one attached hydrogen (secondary N) is 1. The molecule has 1 aliphatic rings. The molecule has 4 heteroatoms. The fourth-order valence-electron chi connectivity index (χ4n) is 1.77. The quantitative estimate of drug-likeness (QED) is 0.765. The van der Waals surface area contributed by atoms with Crippen LogP contribution in [0.4, 0.5) is 10.1 Å². The van der Waals surface area contributed by atoms with Gasteiger partial charge in [0, 0.05) is 6.04 Å². The molecule has 3 N–H and O–H groups in total. The maximum absolute atomic E-state index is 5.60. The fourth-order valence-corrected chi connectivity index (χ4v) is 2.43. The highest BCUT2D eigenvalue weighted by atomic mass is 32.1. The van der Waals surface area contributed by atoms with Crippen molar-refractivity contribution in [3.05, 3.63) is 6.20 Å². The van der Waals surface area contributed by atoms with Crippen molar-refractivity contribution >= 4 is 21.5 Å². The van der Waals surface area contributed by atoms with Crippen LogP contribution in [0.3, 0.4) is 0 Å². The van der Waals surface area contributed by atoms with E-state index in [-0.39, 0.29) is 0 Å². The molecule has 13 heavy (non-hydrogen) atoms. The van der Waals surface area contributed by atoms with E-state index in [1.807, 2.05) is 0 Å². The second-order valence-corrected chi connectivity index (χ2v) is 4.61. The molecule has 0 unspecified atom stereocenters. The van der Waals surface area contributed by atoms with E-state index in [1.165, 1.54) is 43.4 Å². The summed E-state index contributed by atoms with van der Waals surface area (Å²) >= 11 is 1.54. The summed E-state index contributed by atoms with van der Waals surface area (Å²) in [6, 6.07) is 0.624. The first-order chi connectivity index (χ1) is 6.34. The summed E-state index contributed by atoms with van der Waals surface area (Å²) in [6.45, 7) is 0. The van der Waals surface area contributed by atoms with Gasteiger partial charge in [-0.3, -0.25) is 0 Å². The van der Waals surface area contributed by atoms with Gasteiger partial charge in [0.25, 0.3) is 0 Å². The summed E-state index contributed by atoms with van der Waals surface area (Å²) in [4.78, 5) is 4.19. The summed E-state index contributed by atoms with van der Waals surface area (Å²) in [6.07, 6.45) is 8.35. The summed E-state index contributed by atoms with van der Waals surface area (Å²) in [5, 5.41) is 5.20. The molecule has 0 radical (unpaired) electrons. The number of hydrogen-bond donors (Lipinski definition) is 2. The molecule has 0 saturated heterocycles. The monoisotopic (exact) mass is 197 g/mol. The molecule has 0 spiro atoms. The van der Waals surface area contributed by atoms with E-state index in [0.717, 1.165) is 10.1 Å². The average Bonchev–Trinajstić information content (AvgIpc) is 2.53. The lowest BCUT2D eigenvalue weighted by molar-refractivity contribution is 0.462. The first-order valence-corrected chi connectivity index (χ1v) is 5.64. The summed E-state index contributed by atoms with van der Waals surface area (Å²) < 4.78 is 0. The minimum atomic E-state index is 0.624. The van der Waals surface area contributed by atoms with Gasteiger partial charge in [-0.05, 0) is 12.8 Å². The van der Waals surface area contributed by atoms with Crippen LogP contribution in [0.2, 0.25) is 0 Å². The first-order valence-electron chi connectivity index (χ1n) is 4.82. The molecule has 72 valence electrons. The van der Waals surface area contributed by atoms with Crippen molar-refractivity contribution in [2.45, 2.75) is 38.1 Å². The summed E-state index contributed by atoms with van der Waals surface area (Å²) in [7, 11) is 0. The average molecular weight is 197 g/mol. The predicted octanol–water partition coefficient (Wildman–Crippen LogP) is 2.47. The SMILES string of the molecule is Nc1cnc(NC2CCCCC2)s1. The fraction of sp³-hybridized carbons (Fsp3) is 0.667. The van der Waals surface area contributed by atoms with Crippen LogP contribution in [-0.4, -0.2) is 11.0 Å². The van der Waals surface area contributed by atoms with Crippen molar-refractivity contribution in [1.82, 2.24) is 4.98 Å². The van der Waals surface area contributed by atoms with Crippen LogP contribution < -0.4 is 11.1 Å². The predicted molar refractivity (Wildman–Crippen MR) is 57.0 cm³/mol. The van der Waals surface area contributed by atoms with Gasteiger partial charge in [-0.2, -0.15) is 0 Å². The van der Waals surface area contributed by atoms with Gasteiger partial charge in [-0.1, -0.05) is 30.6 Å². The van der Waals surface area contributed by atoms with Gasteiger partial charge in [0.05, 0.1) is 6.20 Å². The number of hydrogen-bond acceptors (Lipinski definition) is 4. The zero-order valence-electron chi connectivity index (χ0n) is 7.62. The van der Waals surface area contributed by atoms with Crippen LogP contribution in [0.25, 0.3) is 0 Å². The van der Waals surface area contributed by atoms with Gasteiger partial charge in [0.15, 0.2) is 5.13 Å². The molecule has 3 nitrogen and oxygen atoms in total. The maximum atomic E-state index is 5.60. The lowest BCUT2D eigenvalue weighted by Gasteiger charge is -2.22. The standard InChI is InChI=1S/C9H15N3S/c10-8-6-11-9(13-8)12-7-4-2-1-3-5-7/h6-7H,1-5,10H2,(H,11,12). The van der Waals surface area contributed by atoms with Gasteiger partial charge in [0.1, 0.15) is 5.00 Å². The molecular weight excluding hydrogens is 182 g/mol. The van der Waals surface area contributed by atoms with E-state index in [1.54, 1.807) is 6.20 Å². The van der Waals surface area contributed by atoms with Crippen LogP contribution in [-0.2, 0) is 0 Å².